The highest BCUT2D eigenvalue weighted by Gasteiger charge is 2.19. The van der Waals surface area contributed by atoms with Gasteiger partial charge in [-0.25, -0.2) is 9.97 Å². The fraction of sp³-hybridized carbons (Fsp3) is 0.312. The predicted octanol–water partition coefficient (Wildman–Crippen LogP) is 2.10. The van der Waals surface area contributed by atoms with Gasteiger partial charge in [-0.2, -0.15) is 0 Å². The molecule has 0 atom stereocenters. The first-order valence-electron chi connectivity index (χ1n) is 7.65. The topological polar surface area (TPSA) is 49.6 Å². The van der Waals surface area contributed by atoms with E-state index in [1.807, 2.05) is 22.7 Å². The van der Waals surface area contributed by atoms with Crippen molar-refractivity contribution in [1.82, 2.24) is 24.3 Å². The van der Waals surface area contributed by atoms with Gasteiger partial charge < -0.3 is 4.90 Å². The lowest BCUT2D eigenvalue weighted by molar-refractivity contribution is 0.247. The molecule has 3 aromatic heterocycles. The molecule has 23 heavy (non-hydrogen) atoms. The first kappa shape index (κ1) is 14.4. The van der Waals surface area contributed by atoms with Crippen molar-refractivity contribution in [3.8, 4) is 0 Å². The zero-order chi connectivity index (χ0) is 15.6. The second-order valence-corrected chi connectivity index (χ2v) is 6.06. The fourth-order valence-corrected chi connectivity index (χ4v) is 3.19. The van der Waals surface area contributed by atoms with Gasteiger partial charge in [0.2, 0.25) is 5.78 Å². The number of aromatic nitrogens is 4. The summed E-state index contributed by atoms with van der Waals surface area (Å²) in [5, 5.41) is 0.715. The number of anilines is 1. The molecular formula is C16H17ClN6. The summed E-state index contributed by atoms with van der Waals surface area (Å²) >= 11 is 6.23. The lowest BCUT2D eigenvalue weighted by Crippen LogP contribution is -2.46. The third-order valence-corrected chi connectivity index (χ3v) is 4.43. The molecule has 1 fully saturated rings. The lowest BCUT2D eigenvalue weighted by Gasteiger charge is -2.36. The number of rotatable bonds is 3. The van der Waals surface area contributed by atoms with Crippen molar-refractivity contribution in [1.29, 1.82) is 0 Å². The molecule has 0 aromatic carbocycles. The van der Waals surface area contributed by atoms with E-state index in [-0.39, 0.29) is 0 Å². The smallest absolute Gasteiger partial charge is 0.233 e. The molecule has 0 amide bonds. The highest BCUT2D eigenvalue weighted by molar-refractivity contribution is 6.33. The van der Waals surface area contributed by atoms with Gasteiger partial charge in [-0.15, -0.1) is 0 Å². The van der Waals surface area contributed by atoms with E-state index in [2.05, 4.69) is 30.9 Å². The molecule has 7 heteroatoms. The monoisotopic (exact) mass is 328 g/mol. The van der Waals surface area contributed by atoms with Crippen molar-refractivity contribution < 1.29 is 0 Å². The third-order valence-electron chi connectivity index (χ3n) is 4.14. The molecule has 0 aliphatic carbocycles. The summed E-state index contributed by atoms with van der Waals surface area (Å²) in [6, 6.07) is 3.89. The van der Waals surface area contributed by atoms with Crippen molar-refractivity contribution >= 4 is 23.1 Å². The van der Waals surface area contributed by atoms with Gasteiger partial charge in [-0.1, -0.05) is 11.6 Å². The molecule has 0 spiro atoms. The van der Waals surface area contributed by atoms with Crippen LogP contribution in [0.25, 0.3) is 5.78 Å². The van der Waals surface area contributed by atoms with Crippen LogP contribution < -0.4 is 4.90 Å². The molecule has 0 saturated carbocycles. The Morgan fingerprint density at radius 1 is 1.13 bits per heavy atom. The van der Waals surface area contributed by atoms with E-state index in [1.165, 1.54) is 0 Å². The van der Waals surface area contributed by atoms with E-state index in [9.17, 15) is 0 Å². The van der Waals surface area contributed by atoms with E-state index in [0.717, 1.165) is 49.9 Å². The van der Waals surface area contributed by atoms with Crippen molar-refractivity contribution in [2.24, 2.45) is 0 Å². The molecule has 0 N–H and O–H groups in total. The van der Waals surface area contributed by atoms with Crippen LogP contribution in [-0.2, 0) is 6.54 Å². The van der Waals surface area contributed by atoms with Crippen LogP contribution in [0.4, 0.5) is 5.69 Å². The highest BCUT2D eigenvalue weighted by Crippen LogP contribution is 2.25. The Morgan fingerprint density at radius 3 is 2.78 bits per heavy atom. The summed E-state index contributed by atoms with van der Waals surface area (Å²) in [6.07, 6.45) is 9.28. The lowest BCUT2D eigenvalue weighted by atomic mass is 10.2. The molecule has 1 aliphatic heterocycles. The molecule has 4 rings (SSSR count). The van der Waals surface area contributed by atoms with Gasteiger partial charge >= 0.3 is 0 Å². The van der Waals surface area contributed by atoms with Gasteiger partial charge in [-0.05, 0) is 12.1 Å². The van der Waals surface area contributed by atoms with E-state index in [0.29, 0.717) is 5.02 Å². The van der Waals surface area contributed by atoms with Gasteiger partial charge in [-0.3, -0.25) is 14.3 Å². The van der Waals surface area contributed by atoms with E-state index in [1.54, 1.807) is 18.6 Å². The van der Waals surface area contributed by atoms with Crippen LogP contribution in [0.3, 0.4) is 0 Å². The number of imidazole rings is 1. The Labute approximate surface area is 139 Å². The number of hydrogen-bond acceptors (Lipinski definition) is 5. The molecule has 6 nitrogen and oxygen atoms in total. The van der Waals surface area contributed by atoms with Crippen LogP contribution in [-0.4, -0.2) is 50.4 Å². The number of piperazine rings is 1. The fourth-order valence-electron chi connectivity index (χ4n) is 2.96. The number of pyridine rings is 1. The van der Waals surface area contributed by atoms with Crippen molar-refractivity contribution in [3.05, 3.63) is 53.8 Å². The summed E-state index contributed by atoms with van der Waals surface area (Å²) in [7, 11) is 0. The minimum atomic E-state index is 0.715. The summed E-state index contributed by atoms with van der Waals surface area (Å²) in [6.45, 7) is 4.73. The Hall–Kier alpha value is -2.18. The quantitative estimate of drug-likeness (QED) is 0.737. The molecular weight excluding hydrogens is 312 g/mol. The van der Waals surface area contributed by atoms with Crippen LogP contribution in [0.5, 0.6) is 0 Å². The van der Waals surface area contributed by atoms with Gasteiger partial charge in [0.25, 0.3) is 0 Å². The summed E-state index contributed by atoms with van der Waals surface area (Å²) in [5.41, 5.74) is 2.12. The van der Waals surface area contributed by atoms with Gasteiger partial charge in [0.1, 0.15) is 0 Å². The Bertz CT molecular complexity index is 776. The van der Waals surface area contributed by atoms with Gasteiger partial charge in [0, 0.05) is 63.7 Å². The normalized spacial score (nSPS) is 16.1. The summed E-state index contributed by atoms with van der Waals surface area (Å²) < 4.78 is 1.96. The summed E-state index contributed by atoms with van der Waals surface area (Å²) in [5.74, 6) is 0.754. The standard InChI is InChI=1S/C16H17ClN6/c17-14-10-18-4-2-15(14)22-8-6-21(7-9-22)11-13-12-23-5-1-3-19-16(23)20-13/h1-5,10,12H,6-9,11H2. The van der Waals surface area contributed by atoms with Crippen molar-refractivity contribution in [2.45, 2.75) is 6.54 Å². The Balaban J connectivity index is 1.41. The van der Waals surface area contributed by atoms with Gasteiger partial charge in [0.15, 0.2) is 0 Å². The molecule has 118 valence electrons. The first-order chi connectivity index (χ1) is 11.3. The largest absolute Gasteiger partial charge is 0.368 e. The SMILES string of the molecule is Clc1cnccc1N1CCN(Cc2cn3cccnc3n2)CC1. The van der Waals surface area contributed by atoms with E-state index in [4.69, 9.17) is 11.6 Å². The number of hydrogen-bond donors (Lipinski definition) is 0. The summed E-state index contributed by atoms with van der Waals surface area (Å²) in [4.78, 5) is 17.6. The molecule has 4 heterocycles. The van der Waals surface area contributed by atoms with Crippen LogP contribution in [0.1, 0.15) is 5.69 Å². The van der Waals surface area contributed by atoms with E-state index >= 15 is 0 Å². The molecule has 1 aliphatic rings. The number of halogens is 1. The molecule has 3 aromatic rings. The van der Waals surface area contributed by atoms with Gasteiger partial charge in [0.05, 0.1) is 16.4 Å². The predicted molar refractivity (Wildman–Crippen MR) is 89.7 cm³/mol. The van der Waals surface area contributed by atoms with Crippen LogP contribution in [0.2, 0.25) is 5.02 Å². The maximum Gasteiger partial charge on any atom is 0.233 e. The minimum Gasteiger partial charge on any atom is -0.368 e. The maximum atomic E-state index is 6.23. The molecule has 0 unspecified atom stereocenters. The Morgan fingerprint density at radius 2 is 2.00 bits per heavy atom. The number of fused-ring (bicyclic) bond motifs is 1. The molecule has 1 saturated heterocycles. The molecule has 0 radical (unpaired) electrons. The zero-order valence-electron chi connectivity index (χ0n) is 12.6. The average molecular weight is 329 g/mol. The average Bonchev–Trinajstić information content (AvgIpc) is 2.98. The zero-order valence-corrected chi connectivity index (χ0v) is 13.4. The Kier molecular flexibility index (Phi) is 3.85. The number of nitrogens with zero attached hydrogens (tertiary/aromatic N) is 6. The first-order valence-corrected chi connectivity index (χ1v) is 8.03. The second kappa shape index (κ2) is 6.14. The van der Waals surface area contributed by atoms with Crippen LogP contribution >= 0.6 is 11.6 Å². The second-order valence-electron chi connectivity index (χ2n) is 5.65. The third kappa shape index (κ3) is 3.00. The molecule has 0 bridgehead atoms. The highest BCUT2D eigenvalue weighted by atomic mass is 35.5. The van der Waals surface area contributed by atoms with Crippen molar-refractivity contribution in [3.63, 3.8) is 0 Å². The van der Waals surface area contributed by atoms with E-state index < -0.39 is 0 Å². The van der Waals surface area contributed by atoms with Crippen LogP contribution in [0, 0.1) is 0 Å². The minimum absolute atomic E-state index is 0.715. The van der Waals surface area contributed by atoms with Crippen LogP contribution in [0.15, 0.2) is 43.1 Å². The maximum absolute atomic E-state index is 6.23. The van der Waals surface area contributed by atoms with Crippen molar-refractivity contribution in [2.75, 3.05) is 31.1 Å².